The van der Waals surface area contributed by atoms with Crippen molar-refractivity contribution in [2.45, 2.75) is 57.7 Å². The normalized spacial score (nSPS) is 17.4. The molecule has 1 atom stereocenters. The highest BCUT2D eigenvalue weighted by Crippen LogP contribution is 2.41. The molecule has 192 valence electrons. The second kappa shape index (κ2) is 8.68. The van der Waals surface area contributed by atoms with Gasteiger partial charge < -0.3 is 19.9 Å². The fourth-order valence-electron chi connectivity index (χ4n) is 4.90. The van der Waals surface area contributed by atoms with Gasteiger partial charge in [-0.05, 0) is 51.2 Å². The zero-order valence-electron chi connectivity index (χ0n) is 20.7. The molecule has 0 saturated heterocycles. The van der Waals surface area contributed by atoms with Gasteiger partial charge in [0.05, 0.1) is 10.3 Å². The number of aromatic carboxylic acids is 1. The van der Waals surface area contributed by atoms with E-state index in [-0.39, 0.29) is 28.8 Å². The Morgan fingerprint density at radius 1 is 1.22 bits per heavy atom. The summed E-state index contributed by atoms with van der Waals surface area (Å²) in [7, 11) is 0. The third-order valence-electron chi connectivity index (χ3n) is 6.63. The van der Waals surface area contributed by atoms with Crippen molar-refractivity contribution >= 4 is 34.4 Å². The van der Waals surface area contributed by atoms with E-state index >= 15 is 0 Å². The number of rotatable bonds is 5. The molecule has 0 radical (unpaired) electrons. The standard InChI is InChI=1S/C26H27N5O6/c1-26(2,3)28-24(33)20-16-7-5-4-6-14(16)10-11-29(20)23-19(31(36)37)12-17-21(32)18(25(34)35)13-30(15-8-9-15)22(17)27-23/h4-7,12-13,15,20H,8-11H2,1-3H3,(H,28,33)(H,34,35). The van der Waals surface area contributed by atoms with Crippen LogP contribution in [0.3, 0.4) is 0 Å². The highest BCUT2D eigenvalue weighted by Gasteiger charge is 2.39. The van der Waals surface area contributed by atoms with Gasteiger partial charge in [0.2, 0.25) is 17.2 Å². The van der Waals surface area contributed by atoms with E-state index in [0.717, 1.165) is 30.0 Å². The lowest BCUT2D eigenvalue weighted by molar-refractivity contribution is -0.384. The molecule has 11 nitrogen and oxygen atoms in total. The summed E-state index contributed by atoms with van der Waals surface area (Å²) >= 11 is 0. The van der Waals surface area contributed by atoms with Crippen molar-refractivity contribution < 1.29 is 19.6 Å². The molecule has 11 heteroatoms. The van der Waals surface area contributed by atoms with Gasteiger partial charge in [0.1, 0.15) is 17.3 Å². The lowest BCUT2D eigenvalue weighted by Crippen LogP contribution is -2.50. The van der Waals surface area contributed by atoms with Gasteiger partial charge in [-0.1, -0.05) is 24.3 Å². The van der Waals surface area contributed by atoms with Gasteiger partial charge >= 0.3 is 11.7 Å². The molecule has 0 bridgehead atoms. The summed E-state index contributed by atoms with van der Waals surface area (Å²) in [6.07, 6.45) is 3.36. The van der Waals surface area contributed by atoms with Crippen LogP contribution in [0.4, 0.5) is 11.5 Å². The van der Waals surface area contributed by atoms with Crippen molar-refractivity contribution in [3.05, 3.63) is 73.6 Å². The molecule has 1 aromatic carbocycles. The van der Waals surface area contributed by atoms with E-state index in [4.69, 9.17) is 0 Å². The second-order valence-corrected chi connectivity index (χ2v) is 10.6. The summed E-state index contributed by atoms with van der Waals surface area (Å²) in [5, 5.41) is 24.6. The molecule has 2 N–H and O–H groups in total. The number of carbonyl (C=O) groups excluding carboxylic acids is 1. The molecule has 3 aromatic rings. The number of nitrogens with zero attached hydrogens (tertiary/aromatic N) is 4. The summed E-state index contributed by atoms with van der Waals surface area (Å²) in [6.45, 7) is 5.86. The summed E-state index contributed by atoms with van der Waals surface area (Å²) in [6, 6.07) is 7.64. The summed E-state index contributed by atoms with van der Waals surface area (Å²) in [5.41, 5.74) is -0.415. The Bertz CT molecular complexity index is 1520. The van der Waals surface area contributed by atoms with Crippen LogP contribution < -0.4 is 15.6 Å². The van der Waals surface area contributed by atoms with Gasteiger partial charge in [-0.25, -0.2) is 9.78 Å². The summed E-state index contributed by atoms with van der Waals surface area (Å²) in [5.74, 6) is -1.76. The minimum Gasteiger partial charge on any atom is -0.477 e. The number of nitro groups is 1. The van der Waals surface area contributed by atoms with Gasteiger partial charge in [-0.3, -0.25) is 19.7 Å². The topological polar surface area (TPSA) is 148 Å². The number of carboxylic acid groups (broad SMARTS) is 1. The molecule has 3 heterocycles. The molecule has 1 unspecified atom stereocenters. The zero-order chi connectivity index (χ0) is 26.6. The smallest absolute Gasteiger partial charge is 0.341 e. The predicted molar refractivity (Wildman–Crippen MR) is 136 cm³/mol. The number of carboxylic acids is 1. The maximum absolute atomic E-state index is 13.6. The molecule has 2 aromatic heterocycles. The Hall–Kier alpha value is -4.28. The van der Waals surface area contributed by atoms with Gasteiger partial charge in [0, 0.05) is 30.4 Å². The monoisotopic (exact) mass is 505 g/mol. The molecule has 1 fully saturated rings. The van der Waals surface area contributed by atoms with E-state index in [1.54, 1.807) is 9.47 Å². The maximum atomic E-state index is 13.6. The minimum absolute atomic E-state index is 0.0297. The predicted octanol–water partition coefficient (Wildman–Crippen LogP) is 3.36. The second-order valence-electron chi connectivity index (χ2n) is 10.6. The molecule has 37 heavy (non-hydrogen) atoms. The van der Waals surface area contributed by atoms with Crippen LogP contribution in [0, 0.1) is 10.1 Å². The van der Waals surface area contributed by atoms with Crippen LogP contribution in [-0.2, 0) is 11.2 Å². The highest BCUT2D eigenvalue weighted by atomic mass is 16.6. The number of anilines is 1. The molecular formula is C26H27N5O6. The summed E-state index contributed by atoms with van der Waals surface area (Å²) in [4.78, 5) is 56.1. The highest BCUT2D eigenvalue weighted by molar-refractivity contribution is 5.94. The fourth-order valence-corrected chi connectivity index (χ4v) is 4.90. The number of pyridine rings is 2. The molecule has 1 aliphatic heterocycles. The molecule has 0 spiro atoms. The molecule has 2 aliphatic rings. The van der Waals surface area contributed by atoms with Crippen LogP contribution in [0.1, 0.15) is 67.2 Å². The van der Waals surface area contributed by atoms with E-state index in [1.165, 1.54) is 6.20 Å². The van der Waals surface area contributed by atoms with Crippen molar-refractivity contribution in [3.8, 4) is 0 Å². The SMILES string of the molecule is CC(C)(C)NC(=O)C1c2ccccc2CCN1c1nc2c(cc1[N+](=O)[O-])c(=O)c(C(=O)O)cn2C1CC1. The quantitative estimate of drug-likeness (QED) is 0.396. The maximum Gasteiger partial charge on any atom is 0.341 e. The third kappa shape index (κ3) is 4.41. The number of carbonyl (C=O) groups is 2. The lowest BCUT2D eigenvalue weighted by atomic mass is 9.91. The van der Waals surface area contributed by atoms with Crippen LogP contribution in [-0.4, -0.2) is 43.5 Å². The van der Waals surface area contributed by atoms with Crippen molar-refractivity contribution in [2.75, 3.05) is 11.4 Å². The Balaban J connectivity index is 1.76. The first-order chi connectivity index (χ1) is 17.5. The van der Waals surface area contributed by atoms with Gasteiger partial charge in [0.25, 0.3) is 0 Å². The lowest BCUT2D eigenvalue weighted by Gasteiger charge is -2.38. The largest absolute Gasteiger partial charge is 0.477 e. The Labute approximate surface area is 211 Å². The number of fused-ring (bicyclic) bond motifs is 2. The first-order valence-electron chi connectivity index (χ1n) is 12.1. The van der Waals surface area contributed by atoms with Crippen LogP contribution in [0.5, 0.6) is 0 Å². The van der Waals surface area contributed by atoms with E-state index in [1.807, 2.05) is 45.0 Å². The van der Waals surface area contributed by atoms with E-state index in [0.29, 0.717) is 13.0 Å². The Morgan fingerprint density at radius 2 is 1.92 bits per heavy atom. The number of benzene rings is 1. The van der Waals surface area contributed by atoms with Gasteiger partial charge in [0.15, 0.2) is 0 Å². The third-order valence-corrected chi connectivity index (χ3v) is 6.63. The molecular weight excluding hydrogens is 478 g/mol. The van der Waals surface area contributed by atoms with E-state index < -0.39 is 39.2 Å². The number of hydrogen-bond acceptors (Lipinski definition) is 7. The summed E-state index contributed by atoms with van der Waals surface area (Å²) < 4.78 is 1.62. The number of aromatic nitrogens is 2. The van der Waals surface area contributed by atoms with E-state index in [2.05, 4.69) is 10.3 Å². The van der Waals surface area contributed by atoms with Crippen molar-refractivity contribution in [1.29, 1.82) is 0 Å². The first-order valence-corrected chi connectivity index (χ1v) is 12.1. The van der Waals surface area contributed by atoms with Crippen LogP contribution in [0.15, 0.2) is 41.3 Å². The fraction of sp³-hybridized carbons (Fsp3) is 0.385. The van der Waals surface area contributed by atoms with Crippen LogP contribution in [0.25, 0.3) is 11.0 Å². The van der Waals surface area contributed by atoms with Crippen molar-refractivity contribution in [3.63, 3.8) is 0 Å². The number of amides is 1. The Morgan fingerprint density at radius 3 is 2.54 bits per heavy atom. The van der Waals surface area contributed by atoms with Gasteiger partial charge in [-0.15, -0.1) is 0 Å². The zero-order valence-corrected chi connectivity index (χ0v) is 20.7. The molecule has 5 rings (SSSR count). The molecule has 1 aliphatic carbocycles. The number of hydrogen-bond donors (Lipinski definition) is 2. The number of nitrogens with one attached hydrogen (secondary N) is 1. The molecule has 1 saturated carbocycles. The van der Waals surface area contributed by atoms with Crippen molar-refractivity contribution in [1.82, 2.24) is 14.9 Å². The average Bonchev–Trinajstić information content (AvgIpc) is 3.67. The van der Waals surface area contributed by atoms with E-state index in [9.17, 15) is 29.6 Å². The van der Waals surface area contributed by atoms with Crippen LogP contribution >= 0.6 is 0 Å². The minimum atomic E-state index is -1.40. The molecule has 1 amide bonds. The first kappa shape index (κ1) is 24.4. The van der Waals surface area contributed by atoms with Crippen LogP contribution in [0.2, 0.25) is 0 Å². The average molecular weight is 506 g/mol. The van der Waals surface area contributed by atoms with Crippen molar-refractivity contribution in [2.24, 2.45) is 0 Å². The Kier molecular flexibility index (Phi) is 5.73. The van der Waals surface area contributed by atoms with Gasteiger partial charge in [-0.2, -0.15) is 0 Å².